The van der Waals surface area contributed by atoms with Gasteiger partial charge in [-0.3, -0.25) is 0 Å². The fourth-order valence-electron chi connectivity index (χ4n) is 5.75. The standard InChI is InChI=1S/C40H36P2/c1-6-17-31(18-7-1)37-28-16-27-36(29-41-39(32-19-8-2-9-20-32)33-21-10-3-11-22-33)38(37)30-42-40(34-23-12-4-13-24-34)35-25-14-5-15-26-35/h1-28,39-42H,29-30H2. The van der Waals surface area contributed by atoms with E-state index in [0.29, 0.717) is 11.3 Å². The zero-order valence-corrected chi connectivity index (χ0v) is 25.7. The van der Waals surface area contributed by atoms with Crippen molar-refractivity contribution in [3.63, 3.8) is 0 Å². The van der Waals surface area contributed by atoms with Gasteiger partial charge in [0, 0.05) is 11.3 Å². The van der Waals surface area contributed by atoms with E-state index in [9.17, 15) is 0 Å². The topological polar surface area (TPSA) is 0 Å². The molecule has 2 heteroatoms. The van der Waals surface area contributed by atoms with E-state index in [1.54, 1.807) is 0 Å². The highest BCUT2D eigenvalue weighted by molar-refractivity contribution is 7.38. The minimum Gasteiger partial charge on any atom is -0.105 e. The molecule has 2 atom stereocenters. The van der Waals surface area contributed by atoms with E-state index in [2.05, 4.69) is 170 Å². The van der Waals surface area contributed by atoms with Crippen molar-refractivity contribution >= 4 is 17.2 Å². The quantitative estimate of drug-likeness (QED) is 0.134. The molecule has 0 amide bonds. The van der Waals surface area contributed by atoms with Crippen LogP contribution in [0.5, 0.6) is 0 Å². The highest BCUT2D eigenvalue weighted by Crippen LogP contribution is 2.47. The normalized spacial score (nSPS) is 11.8. The Hall–Kier alpha value is -3.82. The fraction of sp³-hybridized carbons (Fsp3) is 0.100. The molecule has 0 N–H and O–H groups in total. The second-order valence-electron chi connectivity index (χ2n) is 10.6. The molecule has 0 spiro atoms. The van der Waals surface area contributed by atoms with Gasteiger partial charge in [0.05, 0.1) is 0 Å². The average molecular weight is 579 g/mol. The summed E-state index contributed by atoms with van der Waals surface area (Å²) in [7, 11) is 1.49. The molecule has 0 aliphatic heterocycles. The summed E-state index contributed by atoms with van der Waals surface area (Å²) < 4.78 is 0. The maximum Gasteiger partial charge on any atom is 0.0265 e. The Bertz CT molecular complexity index is 1570. The van der Waals surface area contributed by atoms with E-state index in [4.69, 9.17) is 0 Å². The predicted octanol–water partition coefficient (Wildman–Crippen LogP) is 11.3. The van der Waals surface area contributed by atoms with Crippen molar-refractivity contribution in [3.05, 3.63) is 203 Å². The predicted molar refractivity (Wildman–Crippen MR) is 185 cm³/mol. The molecule has 0 radical (unpaired) electrons. The van der Waals surface area contributed by atoms with Gasteiger partial charge in [0.25, 0.3) is 0 Å². The fourth-order valence-corrected chi connectivity index (χ4v) is 9.05. The van der Waals surface area contributed by atoms with Crippen molar-refractivity contribution in [2.75, 3.05) is 0 Å². The highest BCUT2D eigenvalue weighted by Gasteiger charge is 2.19. The first-order valence-corrected chi connectivity index (χ1v) is 17.3. The van der Waals surface area contributed by atoms with Crippen molar-refractivity contribution in [1.29, 1.82) is 0 Å². The van der Waals surface area contributed by atoms with Crippen LogP contribution in [-0.2, 0) is 12.3 Å². The van der Waals surface area contributed by atoms with Gasteiger partial charge in [0.1, 0.15) is 0 Å². The lowest BCUT2D eigenvalue weighted by Gasteiger charge is -2.23. The zero-order chi connectivity index (χ0) is 28.4. The minimum absolute atomic E-state index is 0.382. The molecular formula is C40H36P2. The van der Waals surface area contributed by atoms with E-state index in [-0.39, 0.29) is 0 Å². The van der Waals surface area contributed by atoms with Crippen molar-refractivity contribution in [2.45, 2.75) is 23.6 Å². The largest absolute Gasteiger partial charge is 0.105 e. The van der Waals surface area contributed by atoms with Crippen LogP contribution in [0.25, 0.3) is 11.1 Å². The Kier molecular flexibility index (Phi) is 9.69. The van der Waals surface area contributed by atoms with E-state index < -0.39 is 0 Å². The molecule has 6 rings (SSSR count). The van der Waals surface area contributed by atoms with E-state index >= 15 is 0 Å². The van der Waals surface area contributed by atoms with Crippen molar-refractivity contribution in [1.82, 2.24) is 0 Å². The number of rotatable bonds is 11. The van der Waals surface area contributed by atoms with Gasteiger partial charge in [-0.1, -0.05) is 170 Å². The Morgan fingerprint density at radius 3 is 1.17 bits per heavy atom. The molecule has 0 saturated carbocycles. The number of benzene rings is 6. The molecule has 6 aromatic rings. The summed E-state index contributed by atoms with van der Waals surface area (Å²) >= 11 is 0. The van der Waals surface area contributed by atoms with Crippen LogP contribution >= 0.6 is 17.2 Å². The third-order valence-corrected chi connectivity index (χ3v) is 11.2. The molecule has 0 nitrogen and oxygen atoms in total. The average Bonchev–Trinajstić information content (AvgIpc) is 3.08. The van der Waals surface area contributed by atoms with Crippen LogP contribution in [0, 0.1) is 0 Å². The van der Waals surface area contributed by atoms with Crippen LogP contribution in [0.15, 0.2) is 170 Å². The number of hydrogen-bond donors (Lipinski definition) is 0. The van der Waals surface area contributed by atoms with E-state index in [1.807, 2.05) is 0 Å². The van der Waals surface area contributed by atoms with Gasteiger partial charge in [0.2, 0.25) is 0 Å². The minimum atomic E-state index is 0.382. The first kappa shape index (κ1) is 28.3. The molecule has 42 heavy (non-hydrogen) atoms. The third-order valence-electron chi connectivity index (χ3n) is 7.87. The van der Waals surface area contributed by atoms with Gasteiger partial charge in [0.15, 0.2) is 0 Å². The molecule has 2 unspecified atom stereocenters. The summed E-state index contributed by atoms with van der Waals surface area (Å²) in [4.78, 5) is 0. The second-order valence-corrected chi connectivity index (χ2v) is 13.3. The van der Waals surface area contributed by atoms with Crippen molar-refractivity contribution in [2.24, 2.45) is 0 Å². The van der Waals surface area contributed by atoms with Crippen LogP contribution in [0.2, 0.25) is 0 Å². The summed E-state index contributed by atoms with van der Waals surface area (Å²) in [5, 5.41) is 0. The van der Waals surface area contributed by atoms with E-state index in [0.717, 1.165) is 29.5 Å². The summed E-state index contributed by atoms with van der Waals surface area (Å²) in [6, 6.07) is 62.1. The maximum absolute atomic E-state index is 2.38. The van der Waals surface area contributed by atoms with Gasteiger partial charge in [-0.15, -0.1) is 17.2 Å². The summed E-state index contributed by atoms with van der Waals surface area (Å²) in [6.45, 7) is 0. The van der Waals surface area contributed by atoms with Gasteiger partial charge in [-0.05, 0) is 56.8 Å². The Labute approximate surface area is 254 Å². The van der Waals surface area contributed by atoms with Crippen LogP contribution in [0.3, 0.4) is 0 Å². The third kappa shape index (κ3) is 6.97. The summed E-state index contributed by atoms with van der Waals surface area (Å²) in [6.07, 6.45) is 2.12. The first-order valence-electron chi connectivity index (χ1n) is 14.7. The highest BCUT2D eigenvalue weighted by atomic mass is 31.1. The monoisotopic (exact) mass is 578 g/mol. The van der Waals surface area contributed by atoms with Crippen molar-refractivity contribution in [3.8, 4) is 11.1 Å². The van der Waals surface area contributed by atoms with Gasteiger partial charge < -0.3 is 0 Å². The van der Waals surface area contributed by atoms with Crippen molar-refractivity contribution < 1.29 is 0 Å². The van der Waals surface area contributed by atoms with Gasteiger partial charge in [-0.25, -0.2) is 0 Å². The van der Waals surface area contributed by atoms with Crippen LogP contribution < -0.4 is 0 Å². The molecule has 0 bridgehead atoms. The zero-order valence-electron chi connectivity index (χ0n) is 23.7. The smallest absolute Gasteiger partial charge is 0.0265 e. The molecule has 0 saturated heterocycles. The van der Waals surface area contributed by atoms with Crippen LogP contribution in [0.4, 0.5) is 0 Å². The maximum atomic E-state index is 2.38. The van der Waals surface area contributed by atoms with E-state index in [1.165, 1.54) is 44.5 Å². The molecule has 206 valence electrons. The second kappa shape index (κ2) is 14.4. The lowest BCUT2D eigenvalue weighted by Crippen LogP contribution is -2.00. The lowest BCUT2D eigenvalue weighted by atomic mass is 9.97. The molecule has 0 aliphatic carbocycles. The lowest BCUT2D eigenvalue weighted by molar-refractivity contribution is 1.12. The van der Waals surface area contributed by atoms with Gasteiger partial charge in [-0.2, -0.15) is 0 Å². The summed E-state index contributed by atoms with van der Waals surface area (Å²) in [5.74, 6) is 0. The Morgan fingerprint density at radius 2 is 0.738 bits per heavy atom. The first-order chi connectivity index (χ1) is 20.9. The van der Waals surface area contributed by atoms with Gasteiger partial charge >= 0.3 is 0 Å². The molecule has 6 aromatic carbocycles. The molecule has 0 aliphatic rings. The molecule has 0 aromatic heterocycles. The Balaban J connectivity index is 1.35. The SMILES string of the molecule is c1ccc(-c2cccc(CPC(c3ccccc3)c3ccccc3)c2CPC(c2ccccc2)c2ccccc2)cc1. The van der Waals surface area contributed by atoms with Crippen LogP contribution in [0.1, 0.15) is 44.7 Å². The summed E-state index contributed by atoms with van der Waals surface area (Å²) in [5.41, 5.74) is 12.0. The molecule has 0 fully saturated rings. The van der Waals surface area contributed by atoms with Crippen LogP contribution in [-0.4, -0.2) is 0 Å². The Morgan fingerprint density at radius 1 is 0.357 bits per heavy atom. The number of hydrogen-bond acceptors (Lipinski definition) is 0. The molecular weight excluding hydrogens is 542 g/mol. The molecule has 0 heterocycles.